The molecule has 0 radical (unpaired) electrons. The molecular formula is C16H24N4O. The van der Waals surface area contributed by atoms with Crippen molar-refractivity contribution in [3.63, 3.8) is 0 Å². The van der Waals surface area contributed by atoms with Crippen molar-refractivity contribution in [2.75, 3.05) is 11.4 Å². The highest BCUT2D eigenvalue weighted by molar-refractivity contribution is 5.97. The predicted molar refractivity (Wildman–Crippen MR) is 83.8 cm³/mol. The number of oxime groups is 1. The maximum atomic E-state index is 8.89. The Morgan fingerprint density at radius 2 is 2.05 bits per heavy atom. The van der Waals surface area contributed by atoms with Crippen LogP contribution in [0.1, 0.15) is 49.8 Å². The van der Waals surface area contributed by atoms with Gasteiger partial charge in [0.2, 0.25) is 0 Å². The molecule has 0 bridgehead atoms. The van der Waals surface area contributed by atoms with Gasteiger partial charge in [-0.15, -0.1) is 0 Å². The summed E-state index contributed by atoms with van der Waals surface area (Å²) >= 11 is 0. The Balaban J connectivity index is 1.89. The Labute approximate surface area is 125 Å². The molecule has 1 aromatic rings. The molecule has 1 saturated carbocycles. The van der Waals surface area contributed by atoms with Crippen molar-refractivity contribution < 1.29 is 5.21 Å². The summed E-state index contributed by atoms with van der Waals surface area (Å²) < 4.78 is 0. The van der Waals surface area contributed by atoms with Gasteiger partial charge in [-0.3, -0.25) is 0 Å². The van der Waals surface area contributed by atoms with Crippen LogP contribution in [-0.4, -0.2) is 28.6 Å². The molecule has 1 aliphatic heterocycles. The van der Waals surface area contributed by atoms with Crippen LogP contribution in [0.4, 0.5) is 5.82 Å². The second kappa shape index (κ2) is 5.92. The molecule has 1 unspecified atom stereocenters. The fraction of sp³-hybridized carbons (Fsp3) is 0.625. The monoisotopic (exact) mass is 288 g/mol. The molecule has 1 saturated heterocycles. The summed E-state index contributed by atoms with van der Waals surface area (Å²) in [7, 11) is 0. The summed E-state index contributed by atoms with van der Waals surface area (Å²) in [6.45, 7) is 3.02. The van der Waals surface area contributed by atoms with E-state index < -0.39 is 0 Å². The van der Waals surface area contributed by atoms with Gasteiger partial charge in [-0.2, -0.15) is 0 Å². The minimum absolute atomic E-state index is 0.151. The number of hydrogen-bond donors (Lipinski definition) is 2. The van der Waals surface area contributed by atoms with Gasteiger partial charge in [-0.1, -0.05) is 18.0 Å². The van der Waals surface area contributed by atoms with Gasteiger partial charge in [0, 0.05) is 23.8 Å². The van der Waals surface area contributed by atoms with Gasteiger partial charge in [0.15, 0.2) is 5.84 Å². The normalized spacial score (nSPS) is 24.0. The van der Waals surface area contributed by atoms with Gasteiger partial charge in [0.1, 0.15) is 5.82 Å². The van der Waals surface area contributed by atoms with Crippen LogP contribution in [-0.2, 0) is 0 Å². The summed E-state index contributed by atoms with van der Waals surface area (Å²) in [4.78, 5) is 7.13. The zero-order valence-corrected chi connectivity index (χ0v) is 12.6. The number of aromatic nitrogens is 1. The highest BCUT2D eigenvalue weighted by Crippen LogP contribution is 2.37. The van der Waals surface area contributed by atoms with Crippen molar-refractivity contribution in [1.82, 2.24) is 4.98 Å². The van der Waals surface area contributed by atoms with Crippen molar-refractivity contribution in [2.45, 2.75) is 51.5 Å². The van der Waals surface area contributed by atoms with E-state index in [4.69, 9.17) is 10.9 Å². The Morgan fingerprint density at radius 1 is 1.29 bits per heavy atom. The van der Waals surface area contributed by atoms with E-state index in [1.807, 2.05) is 19.1 Å². The highest BCUT2D eigenvalue weighted by atomic mass is 16.4. The molecule has 114 valence electrons. The number of pyridine rings is 1. The SMILES string of the molecule is Cc1cc(/C(N)=N/O)cc(N2CCCC2C2CCCC2)n1. The number of nitrogens with two attached hydrogens (primary N) is 1. The average molecular weight is 288 g/mol. The molecule has 1 aliphatic carbocycles. The largest absolute Gasteiger partial charge is 0.409 e. The first-order chi connectivity index (χ1) is 10.2. The molecule has 3 N–H and O–H groups in total. The summed E-state index contributed by atoms with van der Waals surface area (Å²) in [5.74, 6) is 1.94. The predicted octanol–water partition coefficient (Wildman–Crippen LogP) is 2.64. The fourth-order valence-electron chi connectivity index (χ4n) is 3.91. The van der Waals surface area contributed by atoms with Crippen molar-refractivity contribution in [3.05, 3.63) is 23.4 Å². The Kier molecular flexibility index (Phi) is 3.99. The minimum Gasteiger partial charge on any atom is -0.409 e. The molecule has 2 aliphatic rings. The van der Waals surface area contributed by atoms with E-state index in [1.165, 1.54) is 38.5 Å². The van der Waals surface area contributed by atoms with Crippen molar-refractivity contribution >= 4 is 11.7 Å². The molecule has 5 nitrogen and oxygen atoms in total. The van der Waals surface area contributed by atoms with E-state index in [0.717, 1.165) is 29.5 Å². The summed E-state index contributed by atoms with van der Waals surface area (Å²) in [6, 6.07) is 4.43. The number of hydrogen-bond acceptors (Lipinski definition) is 4. The lowest BCUT2D eigenvalue weighted by molar-refractivity contribution is 0.318. The van der Waals surface area contributed by atoms with Gasteiger partial charge in [0.25, 0.3) is 0 Å². The minimum atomic E-state index is 0.151. The zero-order valence-electron chi connectivity index (χ0n) is 12.6. The smallest absolute Gasteiger partial charge is 0.170 e. The maximum Gasteiger partial charge on any atom is 0.170 e. The van der Waals surface area contributed by atoms with E-state index in [0.29, 0.717) is 6.04 Å². The number of anilines is 1. The van der Waals surface area contributed by atoms with Crippen molar-refractivity contribution in [1.29, 1.82) is 0 Å². The summed E-state index contributed by atoms with van der Waals surface area (Å²) in [6.07, 6.45) is 7.92. The highest BCUT2D eigenvalue weighted by Gasteiger charge is 2.34. The fourth-order valence-corrected chi connectivity index (χ4v) is 3.91. The maximum absolute atomic E-state index is 8.89. The first kappa shape index (κ1) is 14.2. The van der Waals surface area contributed by atoms with Crippen molar-refractivity contribution in [2.24, 2.45) is 16.8 Å². The van der Waals surface area contributed by atoms with Crippen LogP contribution in [0.2, 0.25) is 0 Å². The Hall–Kier alpha value is -1.78. The molecular weight excluding hydrogens is 264 g/mol. The van der Waals surface area contributed by atoms with E-state index >= 15 is 0 Å². The van der Waals surface area contributed by atoms with Crippen LogP contribution in [0.3, 0.4) is 0 Å². The third-order valence-corrected chi connectivity index (χ3v) is 4.88. The van der Waals surface area contributed by atoms with Gasteiger partial charge < -0.3 is 15.8 Å². The van der Waals surface area contributed by atoms with Crippen LogP contribution in [0.25, 0.3) is 0 Å². The molecule has 2 fully saturated rings. The van der Waals surface area contributed by atoms with E-state index in [-0.39, 0.29) is 5.84 Å². The van der Waals surface area contributed by atoms with Gasteiger partial charge in [-0.25, -0.2) is 4.98 Å². The molecule has 1 atom stereocenters. The lowest BCUT2D eigenvalue weighted by atomic mass is 9.96. The molecule has 0 amide bonds. The quantitative estimate of drug-likeness (QED) is 0.388. The third kappa shape index (κ3) is 2.82. The molecule has 0 aromatic carbocycles. The third-order valence-electron chi connectivity index (χ3n) is 4.88. The number of nitrogens with zero attached hydrogens (tertiary/aromatic N) is 3. The molecule has 2 heterocycles. The Bertz CT molecular complexity index is 537. The van der Waals surface area contributed by atoms with Crippen LogP contribution in [0, 0.1) is 12.8 Å². The summed E-state index contributed by atoms with van der Waals surface area (Å²) in [5, 5.41) is 12.0. The molecule has 21 heavy (non-hydrogen) atoms. The molecule has 1 aromatic heterocycles. The lowest BCUT2D eigenvalue weighted by Gasteiger charge is -2.30. The standard InChI is InChI=1S/C16H24N4O/c1-11-9-13(16(17)19-21)10-15(18-11)20-8-4-7-14(20)12-5-2-3-6-12/h9-10,12,14,21H,2-8H2,1H3,(H2,17,19). The number of rotatable bonds is 3. The van der Waals surface area contributed by atoms with Gasteiger partial charge in [0.05, 0.1) is 0 Å². The van der Waals surface area contributed by atoms with E-state index in [1.54, 1.807) is 0 Å². The average Bonchev–Trinajstić information content (AvgIpc) is 3.15. The van der Waals surface area contributed by atoms with Crippen LogP contribution >= 0.6 is 0 Å². The Morgan fingerprint density at radius 3 is 2.76 bits per heavy atom. The molecule has 3 rings (SSSR count). The zero-order chi connectivity index (χ0) is 14.8. The second-order valence-corrected chi connectivity index (χ2v) is 6.29. The van der Waals surface area contributed by atoms with Crippen LogP contribution < -0.4 is 10.6 Å². The van der Waals surface area contributed by atoms with Gasteiger partial charge >= 0.3 is 0 Å². The van der Waals surface area contributed by atoms with Gasteiger partial charge in [-0.05, 0) is 50.7 Å². The molecule has 5 heteroatoms. The molecule has 0 spiro atoms. The first-order valence-corrected chi connectivity index (χ1v) is 7.92. The van der Waals surface area contributed by atoms with E-state index in [9.17, 15) is 0 Å². The topological polar surface area (TPSA) is 74.7 Å². The lowest BCUT2D eigenvalue weighted by Crippen LogP contribution is -2.35. The second-order valence-electron chi connectivity index (χ2n) is 6.29. The van der Waals surface area contributed by atoms with Crippen molar-refractivity contribution in [3.8, 4) is 0 Å². The van der Waals surface area contributed by atoms with Crippen LogP contribution in [0.15, 0.2) is 17.3 Å². The van der Waals surface area contributed by atoms with E-state index in [2.05, 4.69) is 15.0 Å². The first-order valence-electron chi connectivity index (χ1n) is 7.92. The number of amidine groups is 1. The summed E-state index contributed by atoms with van der Waals surface area (Å²) in [5.41, 5.74) is 7.40. The van der Waals surface area contributed by atoms with Crippen LogP contribution in [0.5, 0.6) is 0 Å². The number of aryl methyl sites for hydroxylation is 1.